The fourth-order valence-electron chi connectivity index (χ4n) is 1.32. The maximum atomic E-state index is 5.68. The molecule has 1 rings (SSSR count). The van der Waals surface area contributed by atoms with E-state index in [-0.39, 0.29) is 0 Å². The van der Waals surface area contributed by atoms with E-state index in [1.54, 1.807) is 7.05 Å². The van der Waals surface area contributed by atoms with Crippen LogP contribution in [0.5, 0.6) is 0 Å². The molecular weight excluding hydrogens is 154 g/mol. The molecule has 1 aliphatic heterocycles. The Hall–Kier alpha value is -0.770. The van der Waals surface area contributed by atoms with Crippen LogP contribution in [-0.4, -0.2) is 43.7 Å². The molecule has 0 spiro atoms. The van der Waals surface area contributed by atoms with Crippen LogP contribution in [0.2, 0.25) is 0 Å². The van der Waals surface area contributed by atoms with Gasteiger partial charge in [-0.05, 0) is 6.42 Å². The van der Waals surface area contributed by atoms with E-state index in [1.165, 1.54) is 0 Å². The molecule has 12 heavy (non-hydrogen) atoms. The Morgan fingerprint density at radius 1 is 1.75 bits per heavy atom. The van der Waals surface area contributed by atoms with Crippen LogP contribution in [0.4, 0.5) is 0 Å². The lowest BCUT2D eigenvalue weighted by molar-refractivity contribution is -0.00740. The van der Waals surface area contributed by atoms with Gasteiger partial charge in [0.25, 0.3) is 0 Å². The highest BCUT2D eigenvalue weighted by Crippen LogP contribution is 2.07. The summed E-state index contributed by atoms with van der Waals surface area (Å²) in [5.74, 6) is 0.622. The van der Waals surface area contributed by atoms with Gasteiger partial charge < -0.3 is 15.4 Å². The number of ether oxygens (including phenoxy) is 1. The van der Waals surface area contributed by atoms with Crippen molar-refractivity contribution in [1.29, 1.82) is 0 Å². The molecular formula is C8H17N3O. The van der Waals surface area contributed by atoms with Gasteiger partial charge >= 0.3 is 0 Å². The summed E-state index contributed by atoms with van der Waals surface area (Å²) in [5, 5.41) is 0. The second-order valence-corrected chi connectivity index (χ2v) is 2.93. The fourth-order valence-corrected chi connectivity index (χ4v) is 1.32. The van der Waals surface area contributed by atoms with Crippen LogP contribution in [0.15, 0.2) is 4.99 Å². The average molecular weight is 171 g/mol. The van der Waals surface area contributed by atoms with Crippen molar-refractivity contribution in [3.63, 3.8) is 0 Å². The summed E-state index contributed by atoms with van der Waals surface area (Å²) in [6.07, 6.45) is 1.35. The number of nitrogens with two attached hydrogens (primary N) is 1. The Bertz CT molecular complexity index is 170. The van der Waals surface area contributed by atoms with Crippen LogP contribution >= 0.6 is 0 Å². The molecule has 1 atom stereocenters. The summed E-state index contributed by atoms with van der Waals surface area (Å²) in [4.78, 5) is 6.01. The minimum Gasteiger partial charge on any atom is -0.375 e. The normalized spacial score (nSPS) is 26.0. The number of hydrogen-bond donors (Lipinski definition) is 1. The summed E-state index contributed by atoms with van der Waals surface area (Å²) in [6.45, 7) is 4.61. The molecule has 0 aromatic carbocycles. The lowest BCUT2D eigenvalue weighted by Gasteiger charge is -2.32. The van der Waals surface area contributed by atoms with Gasteiger partial charge in [0.05, 0.1) is 12.7 Å². The minimum atomic E-state index is 0.319. The SMILES string of the molecule is CCC1CN(C(N)=NC)CCO1. The maximum absolute atomic E-state index is 5.68. The molecule has 4 heteroatoms. The third-order valence-electron chi connectivity index (χ3n) is 2.15. The largest absolute Gasteiger partial charge is 0.375 e. The van der Waals surface area contributed by atoms with Gasteiger partial charge in [-0.15, -0.1) is 0 Å². The standard InChI is InChI=1S/C8H17N3O/c1-3-7-6-11(4-5-12-7)8(9)10-2/h7H,3-6H2,1-2H3,(H2,9,10). The van der Waals surface area contributed by atoms with Gasteiger partial charge in [0.15, 0.2) is 5.96 Å². The van der Waals surface area contributed by atoms with Gasteiger partial charge in [-0.3, -0.25) is 4.99 Å². The zero-order valence-electron chi connectivity index (χ0n) is 7.79. The van der Waals surface area contributed by atoms with E-state index in [9.17, 15) is 0 Å². The molecule has 0 saturated carbocycles. The second kappa shape index (κ2) is 4.30. The first-order valence-electron chi connectivity index (χ1n) is 4.36. The average Bonchev–Trinajstić information content (AvgIpc) is 2.17. The molecule has 0 aromatic heterocycles. The van der Waals surface area contributed by atoms with Crippen molar-refractivity contribution >= 4 is 5.96 Å². The van der Waals surface area contributed by atoms with Crippen LogP contribution in [0, 0.1) is 0 Å². The summed E-state index contributed by atoms with van der Waals surface area (Å²) < 4.78 is 5.50. The zero-order valence-corrected chi connectivity index (χ0v) is 7.79. The van der Waals surface area contributed by atoms with Crippen molar-refractivity contribution in [2.45, 2.75) is 19.4 Å². The molecule has 0 amide bonds. The molecule has 1 aliphatic rings. The van der Waals surface area contributed by atoms with E-state index in [0.717, 1.165) is 26.1 Å². The van der Waals surface area contributed by atoms with E-state index < -0.39 is 0 Å². The Morgan fingerprint density at radius 3 is 3.08 bits per heavy atom. The molecule has 0 bridgehead atoms. The summed E-state index contributed by atoms with van der Waals surface area (Å²) in [5.41, 5.74) is 5.68. The molecule has 0 aromatic rings. The lowest BCUT2D eigenvalue weighted by Crippen LogP contribution is -2.48. The van der Waals surface area contributed by atoms with Crippen molar-refractivity contribution in [2.75, 3.05) is 26.7 Å². The van der Waals surface area contributed by atoms with Crippen molar-refractivity contribution < 1.29 is 4.74 Å². The molecule has 4 nitrogen and oxygen atoms in total. The lowest BCUT2D eigenvalue weighted by atomic mass is 10.2. The number of guanidine groups is 1. The highest BCUT2D eigenvalue weighted by Gasteiger charge is 2.19. The Labute approximate surface area is 73.4 Å². The molecule has 1 saturated heterocycles. The van der Waals surface area contributed by atoms with E-state index in [0.29, 0.717) is 12.1 Å². The van der Waals surface area contributed by atoms with Gasteiger partial charge in [0, 0.05) is 20.1 Å². The molecule has 70 valence electrons. The predicted molar refractivity (Wildman–Crippen MR) is 49.2 cm³/mol. The van der Waals surface area contributed by atoms with Gasteiger partial charge in [0.1, 0.15) is 0 Å². The van der Waals surface area contributed by atoms with E-state index in [1.807, 2.05) is 0 Å². The van der Waals surface area contributed by atoms with Gasteiger partial charge in [-0.1, -0.05) is 6.92 Å². The second-order valence-electron chi connectivity index (χ2n) is 2.93. The van der Waals surface area contributed by atoms with Crippen LogP contribution in [0.3, 0.4) is 0 Å². The highest BCUT2D eigenvalue weighted by molar-refractivity contribution is 5.78. The molecule has 2 N–H and O–H groups in total. The van der Waals surface area contributed by atoms with E-state index >= 15 is 0 Å². The van der Waals surface area contributed by atoms with Crippen LogP contribution in [0.1, 0.15) is 13.3 Å². The maximum Gasteiger partial charge on any atom is 0.191 e. The zero-order chi connectivity index (χ0) is 8.97. The first-order chi connectivity index (χ1) is 5.77. The number of nitrogens with zero attached hydrogens (tertiary/aromatic N) is 2. The minimum absolute atomic E-state index is 0.319. The van der Waals surface area contributed by atoms with E-state index in [2.05, 4.69) is 16.8 Å². The topological polar surface area (TPSA) is 50.8 Å². The molecule has 0 radical (unpaired) electrons. The van der Waals surface area contributed by atoms with Crippen molar-refractivity contribution in [3.05, 3.63) is 0 Å². The first-order valence-corrected chi connectivity index (χ1v) is 4.36. The molecule has 0 aliphatic carbocycles. The van der Waals surface area contributed by atoms with Gasteiger partial charge in [-0.2, -0.15) is 0 Å². The van der Waals surface area contributed by atoms with Crippen molar-refractivity contribution in [3.8, 4) is 0 Å². The summed E-state index contributed by atoms with van der Waals surface area (Å²) in [7, 11) is 1.71. The van der Waals surface area contributed by atoms with Crippen LogP contribution in [-0.2, 0) is 4.74 Å². The summed E-state index contributed by atoms with van der Waals surface area (Å²) >= 11 is 0. The number of aliphatic imine (C=N–C) groups is 1. The molecule has 1 heterocycles. The summed E-state index contributed by atoms with van der Waals surface area (Å²) in [6, 6.07) is 0. The Balaban J connectivity index is 2.45. The molecule has 1 fully saturated rings. The smallest absolute Gasteiger partial charge is 0.191 e. The Morgan fingerprint density at radius 2 is 2.50 bits per heavy atom. The quantitative estimate of drug-likeness (QED) is 0.448. The van der Waals surface area contributed by atoms with Crippen LogP contribution in [0.25, 0.3) is 0 Å². The first kappa shape index (κ1) is 9.32. The number of morpholine rings is 1. The number of rotatable bonds is 1. The highest BCUT2D eigenvalue weighted by atomic mass is 16.5. The van der Waals surface area contributed by atoms with Crippen molar-refractivity contribution in [1.82, 2.24) is 4.90 Å². The third-order valence-corrected chi connectivity index (χ3v) is 2.15. The fraction of sp³-hybridized carbons (Fsp3) is 0.875. The molecule has 1 unspecified atom stereocenters. The van der Waals surface area contributed by atoms with E-state index in [4.69, 9.17) is 10.5 Å². The van der Waals surface area contributed by atoms with Crippen LogP contribution < -0.4 is 5.73 Å². The van der Waals surface area contributed by atoms with Gasteiger partial charge in [-0.25, -0.2) is 0 Å². The number of hydrogen-bond acceptors (Lipinski definition) is 2. The van der Waals surface area contributed by atoms with Crippen molar-refractivity contribution in [2.24, 2.45) is 10.7 Å². The third kappa shape index (κ3) is 2.11. The monoisotopic (exact) mass is 171 g/mol. The Kier molecular flexibility index (Phi) is 3.34. The predicted octanol–water partition coefficient (Wildman–Crippen LogP) is 0.0417. The van der Waals surface area contributed by atoms with Gasteiger partial charge in [0.2, 0.25) is 0 Å².